The van der Waals surface area contributed by atoms with E-state index in [0.717, 1.165) is 5.56 Å². The first kappa shape index (κ1) is 72.8. The highest BCUT2D eigenvalue weighted by atomic mass is 16.5. The molecule has 28 nitrogen and oxygen atoms in total. The molecule has 1 aliphatic heterocycles. The number of esters is 1. The van der Waals surface area contributed by atoms with Gasteiger partial charge in [0.2, 0.25) is 65.0 Å². The van der Waals surface area contributed by atoms with Gasteiger partial charge in [-0.3, -0.25) is 52.7 Å². The average molecular weight is 1190 g/mol. The molecule has 1 aromatic carbocycles. The number of ether oxygens (including phenoxy) is 1. The molecule has 17 N–H and O–H groups in total. The number of benzene rings is 1. The van der Waals surface area contributed by atoms with Crippen molar-refractivity contribution >= 4 is 70.9 Å². The number of nitrogens with one attached hydrogen (secondary N) is 11. The number of hydrogen-bond donors (Lipinski definition) is 15. The molecule has 16 atom stereocenters. The van der Waals surface area contributed by atoms with Crippen molar-refractivity contribution in [2.24, 2.45) is 35.1 Å². The molecule has 28 heteroatoms. The van der Waals surface area contributed by atoms with Crippen molar-refractivity contribution in [1.82, 2.24) is 58.5 Å². The summed E-state index contributed by atoms with van der Waals surface area (Å²) < 4.78 is 5.68. The first-order valence-electron chi connectivity index (χ1n) is 28.8. The lowest BCUT2D eigenvalue weighted by Gasteiger charge is -2.31. The van der Waals surface area contributed by atoms with Crippen LogP contribution in [0, 0.1) is 23.7 Å². The molecule has 1 saturated heterocycles. The Hall–Kier alpha value is -7.30. The molecule has 0 radical (unpaired) electrons. The zero-order chi connectivity index (χ0) is 63.5. The van der Waals surface area contributed by atoms with Gasteiger partial charge in [0.25, 0.3) is 0 Å². The van der Waals surface area contributed by atoms with Crippen LogP contribution in [0.5, 0.6) is 0 Å². The minimum Gasteiger partial charge on any atom is -0.458 e. The summed E-state index contributed by atoms with van der Waals surface area (Å²) in [6, 6.07) is -6.46. The predicted octanol–water partition coefficient (Wildman–Crippen LogP) is -3.59. The monoisotopic (exact) mass is 1190 g/mol. The van der Waals surface area contributed by atoms with Crippen molar-refractivity contribution in [1.29, 1.82) is 0 Å². The minimum absolute atomic E-state index is 0.106. The molecular formula is C56H93N13O15. The zero-order valence-electron chi connectivity index (χ0n) is 50.3. The normalized spacial score (nSPS) is 21.6. The smallest absolute Gasteiger partial charge is 0.329 e. The Morgan fingerprint density at radius 2 is 1.06 bits per heavy atom. The number of primary amides is 1. The molecule has 1 aliphatic rings. The topological polar surface area (TPSA) is 439 Å². The Kier molecular flexibility index (Phi) is 31.6. The van der Waals surface area contributed by atoms with Crippen LogP contribution < -0.4 is 70.0 Å². The Labute approximate surface area is 491 Å². The average Bonchev–Trinajstić information content (AvgIpc) is 3.47. The molecule has 0 aromatic heterocycles. The van der Waals surface area contributed by atoms with E-state index in [1.54, 1.807) is 62.4 Å². The molecule has 472 valence electrons. The second-order valence-electron chi connectivity index (χ2n) is 21.6. The van der Waals surface area contributed by atoms with Gasteiger partial charge >= 0.3 is 5.97 Å². The number of amides is 11. The zero-order valence-corrected chi connectivity index (χ0v) is 50.3. The second kappa shape index (κ2) is 36.4. The molecule has 1 heterocycles. The highest BCUT2D eigenvalue weighted by Gasteiger charge is 2.41. The van der Waals surface area contributed by atoms with Gasteiger partial charge < -0.3 is 84.9 Å². The molecule has 0 unspecified atom stereocenters. The Morgan fingerprint density at radius 1 is 0.595 bits per heavy atom. The van der Waals surface area contributed by atoms with Crippen LogP contribution in [-0.4, -0.2) is 181 Å². The standard InChI is InChI=1S/C56H93N13O15/c1-12-28(5)41(65-48(75)36(59-11)24-34-20-17-16-18-21-34)52(79)63-38(26-70)50(77)62-37(25-40(58)72)49(76)66-43(30(7)14-3)54(81)67-42(29(6)13-2)53(80)64-39(27-71)51(78)69-45-33(10)84-56(83)44(31(8)15-4)68-47(74)35(22-19-23-57)61-46(73)32(9)60-55(45)82/h16-18,20-21,28-33,35-39,41-45,59,70-71H,12-15,19,22-27,57H2,1-11H3,(H2,58,72)(H,60,82)(H,61,73)(H,62,77)(H,63,79)(H,64,80)(H,65,75)(H,66,76)(H,67,81)(H,68,74)(H,69,78)/t28-,29-,30+,31-,32-,33-,35-,36+,37+,38-,39-,41-,42-,43+,44-,45+/m0/s1. The number of cyclic esters (lactones) is 1. The van der Waals surface area contributed by atoms with E-state index in [2.05, 4.69) is 58.5 Å². The largest absolute Gasteiger partial charge is 0.458 e. The summed E-state index contributed by atoms with van der Waals surface area (Å²) in [5.41, 5.74) is 12.0. The number of carbonyl (C=O) groups is 12. The second-order valence-corrected chi connectivity index (χ2v) is 21.6. The summed E-state index contributed by atoms with van der Waals surface area (Å²) in [5.74, 6) is -13.5. The predicted molar refractivity (Wildman–Crippen MR) is 308 cm³/mol. The van der Waals surface area contributed by atoms with Crippen LogP contribution in [0.1, 0.15) is 120 Å². The molecule has 0 saturated carbocycles. The summed E-state index contributed by atoms with van der Waals surface area (Å²) in [4.78, 5) is 164. The van der Waals surface area contributed by atoms with Gasteiger partial charge in [-0.05, 0) is 75.9 Å². The fourth-order valence-electron chi connectivity index (χ4n) is 8.78. The number of nitrogens with two attached hydrogens (primary N) is 2. The van der Waals surface area contributed by atoms with Gasteiger partial charge in [-0.25, -0.2) is 4.79 Å². The molecule has 0 bridgehead atoms. The number of carbonyl (C=O) groups excluding carboxylic acids is 12. The van der Waals surface area contributed by atoms with Gasteiger partial charge in [-0.15, -0.1) is 0 Å². The van der Waals surface area contributed by atoms with Crippen LogP contribution in [0.2, 0.25) is 0 Å². The van der Waals surface area contributed by atoms with Gasteiger partial charge in [0.15, 0.2) is 0 Å². The maximum atomic E-state index is 14.3. The molecule has 84 heavy (non-hydrogen) atoms. The number of hydrogen-bond acceptors (Lipinski definition) is 17. The molecule has 1 aromatic rings. The fourth-order valence-corrected chi connectivity index (χ4v) is 8.78. The molecule has 0 aliphatic carbocycles. The van der Waals surface area contributed by atoms with Crippen molar-refractivity contribution in [3.63, 3.8) is 0 Å². The van der Waals surface area contributed by atoms with Crippen LogP contribution in [0.3, 0.4) is 0 Å². The summed E-state index contributed by atoms with van der Waals surface area (Å²) >= 11 is 0. The fraction of sp³-hybridized carbons (Fsp3) is 0.679. The van der Waals surface area contributed by atoms with Crippen LogP contribution in [0.15, 0.2) is 30.3 Å². The summed E-state index contributed by atoms with van der Waals surface area (Å²) in [7, 11) is 1.59. The van der Waals surface area contributed by atoms with E-state index < -0.39 is 187 Å². The van der Waals surface area contributed by atoms with Crippen LogP contribution in [0.4, 0.5) is 0 Å². The third-order valence-electron chi connectivity index (χ3n) is 15.2. The first-order chi connectivity index (χ1) is 39.7. The number of aliphatic hydroxyl groups excluding tert-OH is 2. The molecular weight excluding hydrogens is 1090 g/mol. The van der Waals surface area contributed by atoms with E-state index in [4.69, 9.17) is 16.2 Å². The van der Waals surface area contributed by atoms with Gasteiger partial charge in [0, 0.05) is 0 Å². The summed E-state index contributed by atoms with van der Waals surface area (Å²) in [5, 5.41) is 48.8. The number of likely N-dealkylation sites (N-methyl/N-ethyl adjacent to an activating group) is 1. The van der Waals surface area contributed by atoms with Gasteiger partial charge in [-0.1, -0.05) is 111 Å². The van der Waals surface area contributed by atoms with Gasteiger partial charge in [-0.2, -0.15) is 0 Å². The van der Waals surface area contributed by atoms with Crippen LogP contribution in [-0.2, 0) is 68.7 Å². The van der Waals surface area contributed by atoms with E-state index in [0.29, 0.717) is 25.7 Å². The lowest BCUT2D eigenvalue weighted by molar-refractivity contribution is -0.157. The third kappa shape index (κ3) is 22.4. The van der Waals surface area contributed by atoms with E-state index in [9.17, 15) is 67.7 Å². The number of rotatable bonds is 32. The maximum absolute atomic E-state index is 14.3. The number of aliphatic hydroxyl groups is 2. The quantitative estimate of drug-likeness (QED) is 0.0310. The van der Waals surface area contributed by atoms with Gasteiger partial charge in [0.1, 0.15) is 66.5 Å². The SMILES string of the molecule is CC[C@@H](C)[C@@H](NC(=O)[C@@H](CC(N)=O)NC(=O)[C@H](CO)NC(=O)[C@@H](NC(=O)[C@@H](Cc1ccccc1)NC)[C@@H](C)CC)C(=O)N[C@H](C(=O)N[C@@H](CO)C(=O)N[C@H]1C(=O)N[C@@H](C)C(=O)N[C@@H](CCCN)C(=O)N[C@@H]([C@@H](C)CC)C(=O)O[C@H]1C)[C@@H](C)CC. The minimum atomic E-state index is -1.82. The van der Waals surface area contributed by atoms with Crippen LogP contribution >= 0.6 is 0 Å². The molecule has 11 amide bonds. The van der Waals surface area contributed by atoms with Crippen molar-refractivity contribution in [3.8, 4) is 0 Å². The van der Waals surface area contributed by atoms with Crippen LogP contribution in [0.25, 0.3) is 0 Å². The first-order valence-corrected chi connectivity index (χ1v) is 28.8. The Bertz CT molecular complexity index is 2400. The van der Waals surface area contributed by atoms with Crippen molar-refractivity contribution in [2.75, 3.05) is 26.8 Å². The van der Waals surface area contributed by atoms with Crippen molar-refractivity contribution in [3.05, 3.63) is 35.9 Å². The van der Waals surface area contributed by atoms with Gasteiger partial charge in [0.05, 0.1) is 25.7 Å². The lowest BCUT2D eigenvalue weighted by Crippen LogP contribution is -2.63. The third-order valence-corrected chi connectivity index (χ3v) is 15.2. The molecule has 1 fully saturated rings. The van der Waals surface area contributed by atoms with Crippen molar-refractivity contribution in [2.45, 2.75) is 193 Å². The summed E-state index contributed by atoms with van der Waals surface area (Å²) in [6.07, 6.45) is -0.258. The van der Waals surface area contributed by atoms with E-state index >= 15 is 0 Å². The maximum Gasteiger partial charge on any atom is 0.329 e. The van der Waals surface area contributed by atoms with E-state index in [1.165, 1.54) is 13.8 Å². The molecule has 0 spiro atoms. The Balaban J connectivity index is 2.38. The van der Waals surface area contributed by atoms with E-state index in [-0.39, 0.29) is 25.8 Å². The van der Waals surface area contributed by atoms with Crippen molar-refractivity contribution < 1.29 is 72.5 Å². The van der Waals surface area contributed by atoms with E-state index in [1.807, 2.05) is 30.3 Å². The Morgan fingerprint density at radius 3 is 1.52 bits per heavy atom. The summed E-state index contributed by atoms with van der Waals surface area (Å²) in [6.45, 7) is 14.2. The highest BCUT2D eigenvalue weighted by molar-refractivity contribution is 6.00. The molecule has 2 rings (SSSR count). The lowest BCUT2D eigenvalue weighted by atomic mass is 9.94. The highest BCUT2D eigenvalue weighted by Crippen LogP contribution is 2.17.